The quantitative estimate of drug-likeness (QED) is 0.203. The highest BCUT2D eigenvalue weighted by Gasteiger charge is 2.10. The number of nitro groups is 1. The Morgan fingerprint density at radius 1 is 1.10 bits per heavy atom. The number of fused-ring (bicyclic) bond motifs is 1. The summed E-state index contributed by atoms with van der Waals surface area (Å²) in [4.78, 5) is 19.3. The molecular weight excluding hydrogens is 402 g/mol. The molecule has 0 N–H and O–H groups in total. The van der Waals surface area contributed by atoms with Gasteiger partial charge in [0.15, 0.2) is 5.58 Å². The van der Waals surface area contributed by atoms with E-state index in [9.17, 15) is 10.1 Å². The fourth-order valence-corrected chi connectivity index (χ4v) is 3.06. The number of aromatic nitrogens is 1. The van der Waals surface area contributed by atoms with Gasteiger partial charge in [-0.2, -0.15) is 0 Å². The van der Waals surface area contributed by atoms with Crippen LogP contribution in [0.15, 0.2) is 76.1 Å². The molecule has 0 atom stereocenters. The Labute approximate surface area is 177 Å². The van der Waals surface area contributed by atoms with Gasteiger partial charge in [0, 0.05) is 28.9 Å². The van der Waals surface area contributed by atoms with Gasteiger partial charge in [-0.25, -0.2) is 4.98 Å². The molecule has 4 aromatic rings. The molecule has 6 nitrogen and oxygen atoms in total. The third-order valence-corrected chi connectivity index (χ3v) is 4.73. The number of hydrogen-bond acceptors (Lipinski definition) is 5. The van der Waals surface area contributed by atoms with E-state index in [4.69, 9.17) is 16.0 Å². The molecule has 0 bridgehead atoms. The van der Waals surface area contributed by atoms with Crippen molar-refractivity contribution in [1.29, 1.82) is 0 Å². The lowest BCUT2D eigenvalue weighted by Crippen LogP contribution is -1.86. The second-order valence-electron chi connectivity index (χ2n) is 6.62. The van der Waals surface area contributed by atoms with Crippen LogP contribution in [0.5, 0.6) is 0 Å². The van der Waals surface area contributed by atoms with Crippen LogP contribution < -0.4 is 0 Å². The summed E-state index contributed by atoms with van der Waals surface area (Å²) >= 11 is 6.02. The number of nitro benzene ring substituents is 1. The highest BCUT2D eigenvalue weighted by Crippen LogP contribution is 2.30. The van der Waals surface area contributed by atoms with Gasteiger partial charge in [-0.05, 0) is 66.6 Å². The van der Waals surface area contributed by atoms with Crippen molar-refractivity contribution in [1.82, 2.24) is 4.98 Å². The Bertz CT molecular complexity index is 1290. The van der Waals surface area contributed by atoms with Gasteiger partial charge in [0.05, 0.1) is 10.6 Å². The van der Waals surface area contributed by atoms with Crippen molar-refractivity contribution in [2.75, 3.05) is 0 Å². The van der Waals surface area contributed by atoms with Crippen LogP contribution in [0.1, 0.15) is 11.1 Å². The first-order valence-electron chi connectivity index (χ1n) is 9.12. The summed E-state index contributed by atoms with van der Waals surface area (Å²) in [5, 5.41) is 11.3. The van der Waals surface area contributed by atoms with Crippen molar-refractivity contribution in [2.45, 2.75) is 6.92 Å². The highest BCUT2D eigenvalue weighted by molar-refractivity contribution is 6.31. The number of aliphatic imine (C=N–C) groups is 1. The van der Waals surface area contributed by atoms with Crippen molar-refractivity contribution < 1.29 is 9.34 Å². The summed E-state index contributed by atoms with van der Waals surface area (Å²) in [5.74, 6) is 0.505. The summed E-state index contributed by atoms with van der Waals surface area (Å²) in [6.45, 7) is 1.97. The predicted molar refractivity (Wildman–Crippen MR) is 119 cm³/mol. The average Bonchev–Trinajstić information content (AvgIpc) is 3.16. The lowest BCUT2D eigenvalue weighted by molar-refractivity contribution is -0.384. The standard InChI is InChI=1S/C23H16ClN3O3/c1-15-4-7-17(23-26-21-14-18(24)8-11-22(21)30-23)13-20(15)25-12-2-3-16-5-9-19(10-6-16)27(28)29/h2-14H,1H3/b3-2-,25-12?. The maximum absolute atomic E-state index is 10.7. The Kier molecular flexibility index (Phi) is 5.41. The van der Waals surface area contributed by atoms with E-state index >= 15 is 0 Å². The van der Waals surface area contributed by atoms with Crippen LogP contribution in [-0.4, -0.2) is 16.1 Å². The van der Waals surface area contributed by atoms with E-state index in [1.54, 1.807) is 42.6 Å². The number of halogens is 1. The summed E-state index contributed by atoms with van der Waals surface area (Å²) in [7, 11) is 0. The van der Waals surface area contributed by atoms with Crippen molar-refractivity contribution >= 4 is 46.4 Å². The first-order chi connectivity index (χ1) is 14.5. The molecule has 0 unspecified atom stereocenters. The van der Waals surface area contributed by atoms with Gasteiger partial charge in [0.25, 0.3) is 5.69 Å². The Morgan fingerprint density at radius 3 is 2.67 bits per heavy atom. The Hall–Kier alpha value is -3.77. The van der Waals surface area contributed by atoms with Crippen LogP contribution in [-0.2, 0) is 0 Å². The molecule has 1 heterocycles. The van der Waals surface area contributed by atoms with Gasteiger partial charge in [-0.15, -0.1) is 0 Å². The van der Waals surface area contributed by atoms with Crippen LogP contribution in [0.25, 0.3) is 28.6 Å². The number of nitrogens with zero attached hydrogens (tertiary/aromatic N) is 3. The van der Waals surface area contributed by atoms with E-state index in [1.165, 1.54) is 12.1 Å². The van der Waals surface area contributed by atoms with Gasteiger partial charge < -0.3 is 4.42 Å². The maximum Gasteiger partial charge on any atom is 0.269 e. The maximum atomic E-state index is 10.7. The van der Waals surface area contributed by atoms with Crippen molar-refractivity contribution in [3.8, 4) is 11.5 Å². The van der Waals surface area contributed by atoms with Gasteiger partial charge in [-0.3, -0.25) is 15.1 Å². The summed E-state index contributed by atoms with van der Waals surface area (Å²) in [6.07, 6.45) is 5.30. The van der Waals surface area contributed by atoms with Gasteiger partial charge in [0.2, 0.25) is 5.89 Å². The van der Waals surface area contributed by atoms with E-state index in [0.29, 0.717) is 22.0 Å². The van der Waals surface area contributed by atoms with Crippen molar-refractivity contribution in [3.05, 3.63) is 93.0 Å². The Morgan fingerprint density at radius 2 is 1.90 bits per heavy atom. The molecular formula is C23H16ClN3O3. The summed E-state index contributed by atoms with van der Waals surface area (Å²) in [6, 6.07) is 17.5. The largest absolute Gasteiger partial charge is 0.436 e. The van der Waals surface area contributed by atoms with Crippen LogP contribution in [0, 0.1) is 17.0 Å². The van der Waals surface area contributed by atoms with E-state index in [0.717, 1.165) is 22.4 Å². The third-order valence-electron chi connectivity index (χ3n) is 4.50. The summed E-state index contributed by atoms with van der Waals surface area (Å²) in [5.41, 5.74) is 4.91. The number of aryl methyl sites for hydroxylation is 1. The molecule has 7 heteroatoms. The van der Waals surface area contributed by atoms with Crippen molar-refractivity contribution in [2.24, 2.45) is 4.99 Å². The second kappa shape index (κ2) is 8.31. The van der Waals surface area contributed by atoms with Crippen LogP contribution in [0.4, 0.5) is 11.4 Å². The SMILES string of the molecule is Cc1ccc(-c2nc3cc(Cl)ccc3o2)cc1N=C/C=C\c1ccc([N+](=O)[O-])cc1. The third kappa shape index (κ3) is 4.29. The number of allylic oxidation sites excluding steroid dienone is 1. The molecule has 0 radical (unpaired) electrons. The normalized spacial score (nSPS) is 11.7. The average molecular weight is 418 g/mol. The minimum atomic E-state index is -0.420. The zero-order valence-electron chi connectivity index (χ0n) is 15.9. The number of hydrogen-bond donors (Lipinski definition) is 0. The van der Waals surface area contributed by atoms with E-state index in [2.05, 4.69) is 9.98 Å². The number of oxazole rings is 1. The molecule has 0 aliphatic rings. The number of non-ortho nitro benzene ring substituents is 1. The molecule has 0 spiro atoms. The lowest BCUT2D eigenvalue weighted by atomic mass is 10.1. The molecule has 148 valence electrons. The second-order valence-corrected chi connectivity index (χ2v) is 7.05. The van der Waals surface area contributed by atoms with Crippen LogP contribution in [0.2, 0.25) is 5.02 Å². The van der Waals surface area contributed by atoms with Gasteiger partial charge >= 0.3 is 0 Å². The minimum absolute atomic E-state index is 0.0646. The fourth-order valence-electron chi connectivity index (χ4n) is 2.89. The number of rotatable bonds is 5. The predicted octanol–water partition coefficient (Wildman–Crippen LogP) is 6.78. The first kappa shape index (κ1) is 19.5. The van der Waals surface area contributed by atoms with E-state index in [1.807, 2.05) is 31.2 Å². The molecule has 0 saturated carbocycles. The molecule has 3 aromatic carbocycles. The highest BCUT2D eigenvalue weighted by atomic mass is 35.5. The van der Waals surface area contributed by atoms with E-state index in [-0.39, 0.29) is 5.69 Å². The zero-order valence-corrected chi connectivity index (χ0v) is 16.7. The van der Waals surface area contributed by atoms with Gasteiger partial charge in [0.1, 0.15) is 5.52 Å². The smallest absolute Gasteiger partial charge is 0.269 e. The molecule has 0 aliphatic carbocycles. The van der Waals surface area contributed by atoms with Crippen LogP contribution in [0.3, 0.4) is 0 Å². The molecule has 0 fully saturated rings. The van der Waals surface area contributed by atoms with Crippen molar-refractivity contribution in [3.63, 3.8) is 0 Å². The molecule has 0 amide bonds. The molecule has 4 rings (SSSR count). The monoisotopic (exact) mass is 417 g/mol. The lowest BCUT2D eigenvalue weighted by Gasteiger charge is -2.02. The minimum Gasteiger partial charge on any atom is -0.436 e. The topological polar surface area (TPSA) is 81.5 Å². The van der Waals surface area contributed by atoms with E-state index < -0.39 is 4.92 Å². The Balaban J connectivity index is 1.54. The molecule has 0 aliphatic heterocycles. The fraction of sp³-hybridized carbons (Fsp3) is 0.0435. The van der Waals surface area contributed by atoms with Gasteiger partial charge in [-0.1, -0.05) is 23.7 Å². The first-order valence-corrected chi connectivity index (χ1v) is 9.50. The summed E-state index contributed by atoms with van der Waals surface area (Å²) < 4.78 is 5.83. The molecule has 30 heavy (non-hydrogen) atoms. The zero-order chi connectivity index (χ0) is 21.1. The molecule has 1 aromatic heterocycles. The molecule has 0 saturated heterocycles. The number of benzene rings is 3. The van der Waals surface area contributed by atoms with Crippen LogP contribution >= 0.6 is 11.6 Å².